The maximum atomic E-state index is 7.88. The van der Waals surface area contributed by atoms with Crippen LogP contribution in [0.15, 0.2) is 182 Å². The SMILES string of the molecule is [C-]#[N+]c1ccc(-c2c3ccccc3c(-c3cc4c(-c5ccccc5)nc5cc6ccccc6cc5c4c4ccccc34)c3ccccc23)c2ccccc12. The first-order chi connectivity index (χ1) is 26.8. The Labute approximate surface area is 312 Å². The molecule has 0 saturated carbocycles. The summed E-state index contributed by atoms with van der Waals surface area (Å²) in [6.07, 6.45) is 0. The van der Waals surface area contributed by atoms with Gasteiger partial charge in [0.1, 0.15) is 0 Å². The summed E-state index contributed by atoms with van der Waals surface area (Å²) in [5.74, 6) is 0. The fourth-order valence-electron chi connectivity index (χ4n) is 8.88. The molecule has 11 rings (SSSR count). The van der Waals surface area contributed by atoms with Gasteiger partial charge in [0.05, 0.1) is 17.8 Å². The molecule has 0 unspecified atom stereocenters. The summed E-state index contributed by atoms with van der Waals surface area (Å²) in [7, 11) is 0. The lowest BCUT2D eigenvalue weighted by atomic mass is 9.82. The molecular weight excluding hydrogens is 653 g/mol. The Hall–Kier alpha value is -7.34. The average Bonchev–Trinajstić information content (AvgIpc) is 3.24. The summed E-state index contributed by atoms with van der Waals surface area (Å²) in [6.45, 7) is 7.88. The predicted molar refractivity (Wildman–Crippen MR) is 229 cm³/mol. The zero-order chi connectivity index (χ0) is 35.8. The van der Waals surface area contributed by atoms with E-state index in [1.165, 1.54) is 65.2 Å². The fraction of sp³-hybridized carbons (Fsp3) is 0. The number of aromatic nitrogens is 1. The zero-order valence-corrected chi connectivity index (χ0v) is 29.2. The number of benzene rings is 10. The third kappa shape index (κ3) is 4.43. The molecule has 0 bridgehead atoms. The number of rotatable bonds is 3. The third-order valence-corrected chi connectivity index (χ3v) is 11.2. The minimum absolute atomic E-state index is 0.672. The lowest BCUT2D eigenvalue weighted by molar-refractivity contribution is 1.43. The Bertz CT molecular complexity index is 3330. The average molecular weight is 683 g/mol. The van der Waals surface area contributed by atoms with Crippen molar-refractivity contribution < 1.29 is 0 Å². The van der Waals surface area contributed by atoms with Crippen LogP contribution in [0.4, 0.5) is 5.69 Å². The molecule has 0 fully saturated rings. The molecule has 0 saturated heterocycles. The highest BCUT2D eigenvalue weighted by molar-refractivity contribution is 6.31. The predicted octanol–water partition coefficient (Wildman–Crippen LogP) is 14.7. The second kappa shape index (κ2) is 11.9. The van der Waals surface area contributed by atoms with Gasteiger partial charge in [-0.05, 0) is 94.3 Å². The van der Waals surface area contributed by atoms with Gasteiger partial charge < -0.3 is 0 Å². The number of hydrogen-bond donors (Lipinski definition) is 0. The van der Waals surface area contributed by atoms with Crippen molar-refractivity contribution in [1.82, 2.24) is 4.98 Å². The second-order valence-electron chi connectivity index (χ2n) is 14.1. The van der Waals surface area contributed by atoms with E-state index in [1.54, 1.807) is 0 Å². The molecule has 54 heavy (non-hydrogen) atoms. The molecule has 11 aromatic rings. The topological polar surface area (TPSA) is 17.2 Å². The fourth-order valence-corrected chi connectivity index (χ4v) is 8.88. The van der Waals surface area contributed by atoms with Gasteiger partial charge in [0, 0.05) is 21.7 Å². The molecule has 1 heterocycles. The Morgan fingerprint density at radius 2 is 0.870 bits per heavy atom. The van der Waals surface area contributed by atoms with Crippen LogP contribution >= 0.6 is 0 Å². The maximum absolute atomic E-state index is 7.88. The highest BCUT2D eigenvalue weighted by Crippen LogP contribution is 2.49. The second-order valence-corrected chi connectivity index (χ2v) is 14.1. The van der Waals surface area contributed by atoms with Crippen LogP contribution in [0.25, 0.3) is 114 Å². The monoisotopic (exact) mass is 682 g/mol. The first-order valence-electron chi connectivity index (χ1n) is 18.3. The number of fused-ring (bicyclic) bond motifs is 9. The highest BCUT2D eigenvalue weighted by atomic mass is 14.7. The van der Waals surface area contributed by atoms with Crippen LogP contribution in [-0.2, 0) is 0 Å². The molecule has 0 atom stereocenters. The van der Waals surface area contributed by atoms with Crippen molar-refractivity contribution in [3.63, 3.8) is 0 Å². The molecule has 2 heteroatoms. The van der Waals surface area contributed by atoms with Gasteiger partial charge in [-0.25, -0.2) is 9.83 Å². The van der Waals surface area contributed by atoms with Gasteiger partial charge in [0.15, 0.2) is 5.69 Å². The first-order valence-corrected chi connectivity index (χ1v) is 18.3. The van der Waals surface area contributed by atoms with Crippen LogP contribution in [0.2, 0.25) is 0 Å². The molecule has 2 nitrogen and oxygen atoms in total. The summed E-state index contributed by atoms with van der Waals surface area (Å²) < 4.78 is 0. The Balaban J connectivity index is 1.32. The van der Waals surface area contributed by atoms with Gasteiger partial charge >= 0.3 is 0 Å². The Morgan fingerprint density at radius 3 is 1.50 bits per heavy atom. The zero-order valence-electron chi connectivity index (χ0n) is 29.2. The molecule has 1 aromatic heterocycles. The Morgan fingerprint density at radius 1 is 0.370 bits per heavy atom. The normalized spacial score (nSPS) is 11.7. The minimum atomic E-state index is 0.672. The van der Waals surface area contributed by atoms with Gasteiger partial charge in [-0.3, -0.25) is 0 Å². The molecule has 0 amide bonds. The smallest absolute Gasteiger partial charge is 0.194 e. The first kappa shape index (κ1) is 30.3. The number of hydrogen-bond acceptors (Lipinski definition) is 1. The molecule has 0 radical (unpaired) electrons. The van der Waals surface area contributed by atoms with Crippen LogP contribution < -0.4 is 0 Å². The Kier molecular flexibility index (Phi) is 6.65. The molecular formula is C52H30N2. The van der Waals surface area contributed by atoms with Crippen molar-refractivity contribution in [1.29, 1.82) is 0 Å². The van der Waals surface area contributed by atoms with Gasteiger partial charge in [-0.15, -0.1) is 0 Å². The standard InChI is InChI=1S/C52H30N2/c1-53-47-28-27-43(35-19-7-9-21-37(35)47)49-39-23-11-13-25-41(39)50(42-26-14-12-24-40(42)49)44-31-46-51(38-22-10-8-20-36(38)44)45-29-33-17-5-6-18-34(33)30-48(45)54-52(46)32-15-3-2-4-16-32/h2-31H. The van der Waals surface area contributed by atoms with E-state index in [-0.39, 0.29) is 0 Å². The summed E-state index contributed by atoms with van der Waals surface area (Å²) in [6, 6.07) is 65.2. The summed E-state index contributed by atoms with van der Waals surface area (Å²) in [5.41, 5.74) is 8.46. The van der Waals surface area contributed by atoms with E-state index in [1.807, 2.05) is 12.1 Å². The van der Waals surface area contributed by atoms with Crippen molar-refractivity contribution >= 4 is 81.2 Å². The lowest BCUT2D eigenvalue weighted by Crippen LogP contribution is -1.95. The van der Waals surface area contributed by atoms with E-state index in [9.17, 15) is 0 Å². The molecule has 0 aliphatic heterocycles. The summed E-state index contributed by atoms with van der Waals surface area (Å²) >= 11 is 0. The van der Waals surface area contributed by atoms with Crippen LogP contribution in [0.1, 0.15) is 0 Å². The van der Waals surface area contributed by atoms with Gasteiger partial charge in [-0.1, -0.05) is 164 Å². The quantitative estimate of drug-likeness (QED) is 0.103. The molecule has 0 spiro atoms. The highest BCUT2D eigenvalue weighted by Gasteiger charge is 2.22. The number of pyridine rings is 1. The van der Waals surface area contributed by atoms with E-state index in [2.05, 4.69) is 175 Å². The van der Waals surface area contributed by atoms with Crippen LogP contribution in [0.5, 0.6) is 0 Å². The molecule has 10 aromatic carbocycles. The molecule has 0 aliphatic rings. The van der Waals surface area contributed by atoms with Crippen LogP contribution in [0.3, 0.4) is 0 Å². The van der Waals surface area contributed by atoms with E-state index < -0.39 is 0 Å². The lowest BCUT2D eigenvalue weighted by Gasteiger charge is -2.21. The van der Waals surface area contributed by atoms with Crippen LogP contribution in [0, 0.1) is 6.57 Å². The maximum Gasteiger partial charge on any atom is 0.194 e. The van der Waals surface area contributed by atoms with Crippen molar-refractivity contribution in [3.05, 3.63) is 193 Å². The minimum Gasteiger partial charge on any atom is -0.247 e. The van der Waals surface area contributed by atoms with Gasteiger partial charge in [0.2, 0.25) is 0 Å². The summed E-state index contributed by atoms with van der Waals surface area (Å²) in [4.78, 5) is 9.34. The largest absolute Gasteiger partial charge is 0.247 e. The van der Waals surface area contributed by atoms with Crippen molar-refractivity contribution in [2.24, 2.45) is 0 Å². The molecule has 248 valence electrons. The van der Waals surface area contributed by atoms with Gasteiger partial charge in [-0.2, -0.15) is 0 Å². The van der Waals surface area contributed by atoms with Crippen molar-refractivity contribution in [2.45, 2.75) is 0 Å². The van der Waals surface area contributed by atoms with Crippen molar-refractivity contribution in [3.8, 4) is 33.5 Å². The summed E-state index contributed by atoms with van der Waals surface area (Å²) in [5, 5.41) is 15.1. The van der Waals surface area contributed by atoms with E-state index >= 15 is 0 Å². The van der Waals surface area contributed by atoms with E-state index in [0.717, 1.165) is 43.9 Å². The third-order valence-electron chi connectivity index (χ3n) is 11.2. The van der Waals surface area contributed by atoms with Gasteiger partial charge in [0.25, 0.3) is 0 Å². The van der Waals surface area contributed by atoms with E-state index in [4.69, 9.17) is 11.6 Å². The van der Waals surface area contributed by atoms with E-state index in [0.29, 0.717) is 5.69 Å². The molecule has 0 N–H and O–H groups in total. The van der Waals surface area contributed by atoms with Crippen molar-refractivity contribution in [2.75, 3.05) is 0 Å². The molecule has 0 aliphatic carbocycles. The number of nitrogens with zero attached hydrogens (tertiary/aromatic N) is 2. The van der Waals surface area contributed by atoms with Crippen LogP contribution in [-0.4, -0.2) is 4.98 Å².